The Hall–Kier alpha value is -1.79. The first kappa shape index (κ1) is 12.3. The van der Waals surface area contributed by atoms with Crippen molar-refractivity contribution >= 4 is 16.7 Å². The summed E-state index contributed by atoms with van der Waals surface area (Å²) in [5.74, 6) is -7.90. The van der Waals surface area contributed by atoms with Gasteiger partial charge in [0.1, 0.15) is 0 Å². The number of aryl methyl sites for hydroxylation is 1. The molecule has 0 bridgehead atoms. The molecular weight excluding hydrogens is 262 g/mol. The molecule has 0 saturated carbocycles. The summed E-state index contributed by atoms with van der Waals surface area (Å²) in [5.41, 5.74) is 1.45. The zero-order valence-corrected chi connectivity index (χ0v) is 10.1. The van der Waals surface area contributed by atoms with Gasteiger partial charge in [-0.25, -0.2) is 0 Å². The number of aromatic nitrogens is 2. The highest BCUT2D eigenvalue weighted by molar-refractivity contribution is 5.93. The maximum Gasteiger partial charge on any atom is 0.329 e. The third-order valence-corrected chi connectivity index (χ3v) is 3.39. The lowest BCUT2D eigenvalue weighted by molar-refractivity contribution is -0.172. The van der Waals surface area contributed by atoms with Gasteiger partial charge < -0.3 is 4.90 Å². The number of hydrogen-bond acceptors (Lipinski definition) is 2. The minimum Gasteiger partial charge on any atom is -0.342 e. The van der Waals surface area contributed by atoms with E-state index < -0.39 is 24.9 Å². The van der Waals surface area contributed by atoms with Crippen LogP contribution in [0.1, 0.15) is 5.56 Å². The van der Waals surface area contributed by atoms with Crippen LogP contribution in [0.5, 0.6) is 0 Å². The summed E-state index contributed by atoms with van der Waals surface area (Å²) in [5, 5.41) is 7.19. The van der Waals surface area contributed by atoms with Crippen LogP contribution in [0.2, 0.25) is 0 Å². The lowest BCUT2D eigenvalue weighted by atomic mass is 10.1. The van der Waals surface area contributed by atoms with E-state index in [1.807, 2.05) is 0 Å². The lowest BCUT2D eigenvalue weighted by Gasteiger charge is -2.14. The number of halogens is 4. The molecule has 2 aromatic rings. The molecule has 19 heavy (non-hydrogen) atoms. The Morgan fingerprint density at radius 2 is 1.79 bits per heavy atom. The summed E-state index contributed by atoms with van der Waals surface area (Å²) < 4.78 is 52.9. The van der Waals surface area contributed by atoms with Crippen LogP contribution in [-0.4, -0.2) is 35.1 Å². The molecule has 1 aromatic carbocycles. The highest BCUT2D eigenvalue weighted by atomic mass is 19.3. The number of nitrogens with one attached hydrogen (secondary N) is 1. The molecule has 0 radical (unpaired) electrons. The number of alkyl halides is 4. The first-order chi connectivity index (χ1) is 8.82. The average molecular weight is 273 g/mol. The Bertz CT molecular complexity index is 619. The predicted molar refractivity (Wildman–Crippen MR) is 62.9 cm³/mol. The number of rotatable bonds is 1. The van der Waals surface area contributed by atoms with E-state index in [1.165, 1.54) is 0 Å². The van der Waals surface area contributed by atoms with Crippen LogP contribution in [-0.2, 0) is 0 Å². The van der Waals surface area contributed by atoms with Gasteiger partial charge in [-0.1, -0.05) is 12.1 Å². The molecule has 1 aromatic heterocycles. The summed E-state index contributed by atoms with van der Waals surface area (Å²) in [6, 6.07) is 5.30. The van der Waals surface area contributed by atoms with E-state index in [2.05, 4.69) is 10.2 Å². The molecule has 1 aliphatic rings. The molecule has 0 amide bonds. The number of benzene rings is 1. The Morgan fingerprint density at radius 1 is 1.16 bits per heavy atom. The van der Waals surface area contributed by atoms with Crippen LogP contribution in [0.3, 0.4) is 0 Å². The maximum atomic E-state index is 13.2. The Morgan fingerprint density at radius 3 is 2.42 bits per heavy atom. The van der Waals surface area contributed by atoms with E-state index in [1.54, 1.807) is 25.1 Å². The standard InChI is InChI=1S/C12H11F4N3/c1-7-3-2-4-8-9(7)10(18-17-8)19-5-11(13,14)12(15,16)6-19/h2-4H,5-6H2,1H3,(H,17,18). The van der Waals surface area contributed by atoms with Gasteiger partial charge in [-0.2, -0.15) is 22.7 Å². The highest BCUT2D eigenvalue weighted by Crippen LogP contribution is 2.43. The van der Waals surface area contributed by atoms with E-state index in [0.29, 0.717) is 10.9 Å². The van der Waals surface area contributed by atoms with Gasteiger partial charge in [-0.15, -0.1) is 0 Å². The van der Waals surface area contributed by atoms with Crippen molar-refractivity contribution in [2.45, 2.75) is 18.8 Å². The van der Waals surface area contributed by atoms with Crippen molar-refractivity contribution < 1.29 is 17.6 Å². The zero-order valence-electron chi connectivity index (χ0n) is 10.1. The Balaban J connectivity index is 2.08. The second-order valence-corrected chi connectivity index (χ2v) is 4.81. The molecule has 102 valence electrons. The second kappa shape index (κ2) is 3.61. The topological polar surface area (TPSA) is 31.9 Å². The fourth-order valence-corrected chi connectivity index (χ4v) is 2.37. The molecule has 1 fully saturated rings. The van der Waals surface area contributed by atoms with Crippen LogP contribution in [0, 0.1) is 6.92 Å². The zero-order chi connectivity index (χ0) is 13.8. The van der Waals surface area contributed by atoms with Crippen molar-refractivity contribution in [1.29, 1.82) is 0 Å². The van der Waals surface area contributed by atoms with Crippen molar-refractivity contribution in [2.75, 3.05) is 18.0 Å². The smallest absolute Gasteiger partial charge is 0.329 e. The van der Waals surface area contributed by atoms with Crippen LogP contribution < -0.4 is 4.90 Å². The molecule has 3 rings (SSSR count). The molecule has 0 atom stereocenters. The van der Waals surface area contributed by atoms with Gasteiger partial charge in [-0.3, -0.25) is 5.10 Å². The van der Waals surface area contributed by atoms with E-state index in [0.717, 1.165) is 10.5 Å². The van der Waals surface area contributed by atoms with E-state index in [-0.39, 0.29) is 5.82 Å². The third kappa shape index (κ3) is 1.67. The molecule has 0 unspecified atom stereocenters. The van der Waals surface area contributed by atoms with Crippen LogP contribution >= 0.6 is 0 Å². The molecule has 0 spiro atoms. The Labute approximate surface area is 106 Å². The first-order valence-electron chi connectivity index (χ1n) is 5.76. The van der Waals surface area contributed by atoms with Gasteiger partial charge in [-0.05, 0) is 18.6 Å². The first-order valence-corrected chi connectivity index (χ1v) is 5.76. The SMILES string of the molecule is Cc1cccc2[nH]nc(N3CC(F)(F)C(F)(F)C3)c12. The largest absolute Gasteiger partial charge is 0.342 e. The number of H-pyrrole nitrogens is 1. The summed E-state index contributed by atoms with van der Waals surface area (Å²) in [6.45, 7) is -0.254. The predicted octanol–water partition coefficient (Wildman–Crippen LogP) is 2.96. The summed E-state index contributed by atoms with van der Waals surface area (Å²) in [7, 11) is 0. The maximum absolute atomic E-state index is 13.2. The van der Waals surface area contributed by atoms with E-state index in [9.17, 15) is 17.6 Å². The van der Waals surface area contributed by atoms with Crippen molar-refractivity contribution in [3.63, 3.8) is 0 Å². The number of nitrogens with zero attached hydrogens (tertiary/aromatic N) is 2. The van der Waals surface area contributed by atoms with E-state index >= 15 is 0 Å². The molecule has 2 heterocycles. The van der Waals surface area contributed by atoms with E-state index in [4.69, 9.17) is 0 Å². The third-order valence-electron chi connectivity index (χ3n) is 3.39. The quantitative estimate of drug-likeness (QED) is 0.810. The van der Waals surface area contributed by atoms with Crippen LogP contribution in [0.25, 0.3) is 10.9 Å². The van der Waals surface area contributed by atoms with Crippen molar-refractivity contribution in [1.82, 2.24) is 10.2 Å². The van der Waals surface area contributed by atoms with Crippen molar-refractivity contribution in [3.8, 4) is 0 Å². The highest BCUT2D eigenvalue weighted by Gasteiger charge is 2.63. The molecule has 1 saturated heterocycles. The number of fused-ring (bicyclic) bond motifs is 1. The average Bonchev–Trinajstić information content (AvgIpc) is 2.80. The number of hydrogen-bond donors (Lipinski definition) is 1. The Kier molecular flexibility index (Phi) is 2.33. The lowest BCUT2D eigenvalue weighted by Crippen LogP contribution is -2.38. The fraction of sp³-hybridized carbons (Fsp3) is 0.417. The van der Waals surface area contributed by atoms with Gasteiger partial charge in [0, 0.05) is 5.39 Å². The van der Waals surface area contributed by atoms with Gasteiger partial charge in [0.15, 0.2) is 5.82 Å². The summed E-state index contributed by atoms with van der Waals surface area (Å²) in [4.78, 5) is 0.936. The number of anilines is 1. The molecule has 1 aliphatic heterocycles. The van der Waals surface area contributed by atoms with Crippen LogP contribution in [0.4, 0.5) is 23.4 Å². The monoisotopic (exact) mass is 273 g/mol. The van der Waals surface area contributed by atoms with Gasteiger partial charge in [0.25, 0.3) is 0 Å². The van der Waals surface area contributed by atoms with Gasteiger partial charge >= 0.3 is 11.8 Å². The summed E-state index contributed by atoms with van der Waals surface area (Å²) in [6.07, 6.45) is 0. The molecule has 0 aliphatic carbocycles. The molecular formula is C12H11F4N3. The minimum atomic E-state index is -4.03. The minimum absolute atomic E-state index is 0.157. The van der Waals surface area contributed by atoms with Gasteiger partial charge in [0.05, 0.1) is 18.6 Å². The number of aromatic amines is 1. The fourth-order valence-electron chi connectivity index (χ4n) is 2.37. The molecule has 7 heteroatoms. The van der Waals surface area contributed by atoms with Crippen LogP contribution in [0.15, 0.2) is 18.2 Å². The normalized spacial score (nSPS) is 21.2. The van der Waals surface area contributed by atoms with Crippen molar-refractivity contribution in [3.05, 3.63) is 23.8 Å². The van der Waals surface area contributed by atoms with Gasteiger partial charge in [0.2, 0.25) is 0 Å². The second-order valence-electron chi connectivity index (χ2n) is 4.81. The molecule has 3 nitrogen and oxygen atoms in total. The summed E-state index contributed by atoms with van der Waals surface area (Å²) >= 11 is 0. The molecule has 1 N–H and O–H groups in total. The van der Waals surface area contributed by atoms with Crippen molar-refractivity contribution in [2.24, 2.45) is 0 Å².